The number of aromatic nitrogens is 1. The first-order chi connectivity index (χ1) is 33.9. The second kappa shape index (κ2) is 24.6. The fraction of sp³-hybridized carbons (Fsp3) is 0.0952. The molecule has 1 heterocycles. The van der Waals surface area contributed by atoms with Gasteiger partial charge >= 0.3 is 26.2 Å². The van der Waals surface area contributed by atoms with Crippen LogP contribution in [0.15, 0.2) is 242 Å². The maximum atomic E-state index is 9.88. The molecule has 2 atom stereocenters. The van der Waals surface area contributed by atoms with Crippen molar-refractivity contribution in [2.75, 3.05) is 0 Å². The van der Waals surface area contributed by atoms with Gasteiger partial charge in [-0.1, -0.05) is 170 Å². The van der Waals surface area contributed by atoms with Crippen LogP contribution in [0.5, 0.6) is 0 Å². The van der Waals surface area contributed by atoms with Gasteiger partial charge in [0.15, 0.2) is 0 Å². The monoisotopic (exact) mass is 985 g/mol. The van der Waals surface area contributed by atoms with Crippen molar-refractivity contribution >= 4 is 24.6 Å². The summed E-state index contributed by atoms with van der Waals surface area (Å²) in [5.74, 6) is 0. The zero-order valence-electron chi connectivity index (χ0n) is 38.9. The Labute approximate surface area is 430 Å². The summed E-state index contributed by atoms with van der Waals surface area (Å²) in [5, 5.41) is 5.72. The number of rotatable bonds is 10. The van der Waals surface area contributed by atoms with E-state index in [2.05, 4.69) is 159 Å². The predicted octanol–water partition coefficient (Wildman–Crippen LogP) is 13.7. The number of fused-ring (bicyclic) bond motifs is 6. The summed E-state index contributed by atoms with van der Waals surface area (Å²) in [4.78, 5) is 40.1. The largest absolute Gasteiger partial charge is 4.00 e. The first-order valence-electron chi connectivity index (χ1n) is 22.9. The van der Waals surface area contributed by atoms with Gasteiger partial charge in [0, 0.05) is 16.8 Å². The average Bonchev–Trinajstić information content (AvgIpc) is 3.89. The van der Waals surface area contributed by atoms with Crippen LogP contribution in [-0.4, -0.2) is 29.6 Å². The van der Waals surface area contributed by atoms with E-state index in [4.69, 9.17) is 15.3 Å². The molecule has 0 fully saturated rings. The number of carbonyl (C=O) groups excluding carboxylic acids is 3. The molecular weight excluding hydrogens is 938 g/mol. The summed E-state index contributed by atoms with van der Waals surface area (Å²) < 4.78 is 0. The topological polar surface area (TPSA) is 90.6 Å². The fourth-order valence-electron chi connectivity index (χ4n) is 8.81. The smallest absolute Gasteiger partial charge is 0.641 e. The number of aliphatic imine (C=N–C) groups is 1. The molecule has 11 rings (SSSR count). The van der Waals surface area contributed by atoms with Crippen LogP contribution in [0.2, 0.25) is 0 Å². The van der Waals surface area contributed by atoms with Crippen LogP contribution in [0.3, 0.4) is 0 Å². The molecule has 70 heavy (non-hydrogen) atoms. The molecule has 0 N–H and O–H groups in total. The standard InChI is InChI=1S/C42H34N3.3C7H5O.Zr/c1-28(43-41-35-21-8-6-17-31(35)32-18-7-9-22-36(32)41)39-25-14-26-40(44-39)29(2)45-42(27-30-15-4-3-5-16-30)37-23-12-10-19-33(37)34-20-11-13-24-38(34)42;3*8-6-7-4-2-1-3-5-7;/h3-26,28-29H,27H2,1-2H3;3*1-5H;/q4*-1;+4. The van der Waals surface area contributed by atoms with E-state index < -0.39 is 5.54 Å². The van der Waals surface area contributed by atoms with Crippen LogP contribution in [0.1, 0.15) is 81.8 Å². The minimum absolute atomic E-state index is 0. The van der Waals surface area contributed by atoms with Crippen LogP contribution in [-0.2, 0) is 52.5 Å². The van der Waals surface area contributed by atoms with E-state index in [1.807, 2.05) is 18.2 Å². The SMILES string of the molecule is CC(N=C1c2ccccc2-c2ccccc21)c1cccc(C(C)[N-]C2(Cc3ccccc3)c3ccccc3-c3ccccc32)n1.O=[C-]c1ccccc1.O=[C-]c1ccccc1.O=[C-]c1ccccc1.[Zr+4]. The molecule has 0 aliphatic heterocycles. The minimum atomic E-state index is -0.519. The van der Waals surface area contributed by atoms with Gasteiger partial charge in [0.25, 0.3) is 0 Å². The number of benzene rings is 8. The van der Waals surface area contributed by atoms with Crippen molar-refractivity contribution < 1.29 is 40.6 Å². The number of nitrogens with zero attached hydrogens (tertiary/aromatic N) is 3. The minimum Gasteiger partial charge on any atom is -0.641 e. The number of hydrogen-bond donors (Lipinski definition) is 0. The molecule has 0 bridgehead atoms. The van der Waals surface area contributed by atoms with Gasteiger partial charge in [-0.25, -0.2) is 0 Å². The second-order valence-electron chi connectivity index (χ2n) is 16.6. The maximum absolute atomic E-state index is 9.88. The summed E-state index contributed by atoms with van der Waals surface area (Å²) in [6.07, 6.45) is 6.12. The van der Waals surface area contributed by atoms with E-state index in [0.717, 1.165) is 23.5 Å². The first kappa shape index (κ1) is 50.3. The van der Waals surface area contributed by atoms with Crippen LogP contribution in [0.4, 0.5) is 0 Å². The van der Waals surface area contributed by atoms with Crippen LogP contribution >= 0.6 is 0 Å². The average molecular weight is 987 g/mol. The second-order valence-corrected chi connectivity index (χ2v) is 16.6. The molecule has 2 aliphatic carbocycles. The van der Waals surface area contributed by atoms with Gasteiger partial charge in [-0.3, -0.25) is 9.98 Å². The van der Waals surface area contributed by atoms with Crippen molar-refractivity contribution in [2.45, 2.75) is 37.9 Å². The molecule has 7 heteroatoms. The third kappa shape index (κ3) is 11.8. The van der Waals surface area contributed by atoms with Crippen LogP contribution in [0, 0.1) is 0 Å². The Kier molecular flexibility index (Phi) is 17.7. The predicted molar refractivity (Wildman–Crippen MR) is 278 cm³/mol. The zero-order chi connectivity index (χ0) is 47.8. The Hall–Kier alpha value is -7.57. The van der Waals surface area contributed by atoms with Gasteiger partial charge in [-0.15, -0.1) is 36.4 Å². The Morgan fingerprint density at radius 2 is 0.786 bits per heavy atom. The van der Waals surface area contributed by atoms with E-state index in [1.165, 1.54) is 50.1 Å². The van der Waals surface area contributed by atoms with Crippen molar-refractivity contribution in [1.82, 2.24) is 4.98 Å². The maximum Gasteiger partial charge on any atom is 4.00 e. The molecule has 9 aromatic rings. The Balaban J connectivity index is 0.000000234. The summed E-state index contributed by atoms with van der Waals surface area (Å²) in [7, 11) is 0. The molecular formula is C63H49N3O3Zr. The number of pyridine rings is 1. The molecule has 2 unspecified atom stereocenters. The van der Waals surface area contributed by atoms with Crippen LogP contribution in [0.25, 0.3) is 27.6 Å². The summed E-state index contributed by atoms with van der Waals surface area (Å²) >= 11 is 0. The first-order valence-corrected chi connectivity index (χ1v) is 22.9. The van der Waals surface area contributed by atoms with E-state index in [-0.39, 0.29) is 38.3 Å². The molecule has 0 radical (unpaired) electrons. The normalized spacial score (nSPS) is 12.6. The summed E-state index contributed by atoms with van der Waals surface area (Å²) in [6.45, 7) is 4.33. The molecule has 0 amide bonds. The van der Waals surface area contributed by atoms with Gasteiger partial charge in [0.2, 0.25) is 0 Å². The van der Waals surface area contributed by atoms with E-state index >= 15 is 0 Å². The fourth-order valence-corrected chi connectivity index (χ4v) is 8.81. The van der Waals surface area contributed by atoms with Crippen molar-refractivity contribution in [3.05, 3.63) is 298 Å². The van der Waals surface area contributed by atoms with E-state index in [9.17, 15) is 14.4 Å². The molecule has 0 saturated carbocycles. The molecule has 6 nitrogen and oxygen atoms in total. The van der Waals surface area contributed by atoms with Gasteiger partial charge in [0.1, 0.15) is 0 Å². The van der Waals surface area contributed by atoms with Gasteiger partial charge in [-0.2, -0.15) is 53.1 Å². The van der Waals surface area contributed by atoms with E-state index in [1.54, 1.807) is 91.7 Å². The van der Waals surface area contributed by atoms with Crippen molar-refractivity contribution in [3.8, 4) is 22.3 Å². The Morgan fingerprint density at radius 1 is 0.429 bits per heavy atom. The third-order valence-corrected chi connectivity index (χ3v) is 12.1. The van der Waals surface area contributed by atoms with Gasteiger partial charge in [-0.05, 0) is 64.4 Å². The number of hydrogen-bond acceptors (Lipinski definition) is 5. The summed E-state index contributed by atoms with van der Waals surface area (Å²) in [6, 6.07) is 78.2. The van der Waals surface area contributed by atoms with Gasteiger partial charge < -0.3 is 19.7 Å². The van der Waals surface area contributed by atoms with Crippen molar-refractivity contribution in [1.29, 1.82) is 0 Å². The zero-order valence-corrected chi connectivity index (χ0v) is 41.4. The van der Waals surface area contributed by atoms with E-state index in [0.29, 0.717) is 16.7 Å². The van der Waals surface area contributed by atoms with Gasteiger partial charge in [0.05, 0.1) is 36.3 Å². The molecule has 0 spiro atoms. The van der Waals surface area contributed by atoms with Crippen molar-refractivity contribution in [2.24, 2.45) is 4.99 Å². The molecule has 1 aromatic heterocycles. The molecule has 338 valence electrons. The third-order valence-electron chi connectivity index (χ3n) is 12.1. The summed E-state index contributed by atoms with van der Waals surface area (Å²) in [5.41, 5.74) is 15.4. The molecule has 8 aromatic carbocycles. The molecule has 0 saturated heterocycles. The van der Waals surface area contributed by atoms with Crippen molar-refractivity contribution in [3.63, 3.8) is 0 Å². The Morgan fingerprint density at radius 3 is 1.20 bits per heavy atom. The molecule has 2 aliphatic rings. The quantitative estimate of drug-likeness (QED) is 0.128. The Bertz CT molecular complexity index is 2960. The van der Waals surface area contributed by atoms with Crippen LogP contribution < -0.4 is 0 Å².